The molecule has 0 aliphatic heterocycles. The molecule has 26 heavy (non-hydrogen) atoms. The average molecular weight is 372 g/mol. The van der Waals surface area contributed by atoms with Crippen molar-refractivity contribution in [2.24, 2.45) is 0 Å². The summed E-state index contributed by atoms with van der Waals surface area (Å²) in [4.78, 5) is 0. The largest absolute Gasteiger partial charge is 0.497 e. The Morgan fingerprint density at radius 3 is 2.54 bits per heavy atom. The molecule has 0 radical (unpaired) electrons. The fourth-order valence-corrected chi connectivity index (χ4v) is 2.99. The fraction of sp³-hybridized carbons (Fsp3) is 0.278. The van der Waals surface area contributed by atoms with Crippen LogP contribution in [-0.4, -0.2) is 46.3 Å². The van der Waals surface area contributed by atoms with Gasteiger partial charge in [0, 0.05) is 5.75 Å². The zero-order chi connectivity index (χ0) is 18.2. The molecule has 3 rings (SSSR count). The molecule has 0 fully saturated rings. The van der Waals surface area contributed by atoms with Crippen molar-refractivity contribution in [2.75, 3.05) is 26.1 Å². The lowest BCUT2D eigenvalue weighted by molar-refractivity contribution is 0.337. The quantitative estimate of drug-likeness (QED) is 0.422. The highest BCUT2D eigenvalue weighted by atomic mass is 32.2. The second-order valence-corrected chi connectivity index (χ2v) is 6.21. The first-order chi connectivity index (χ1) is 12.8. The summed E-state index contributed by atoms with van der Waals surface area (Å²) in [5.41, 5.74) is 0.818. The minimum absolute atomic E-state index is 0.539. The number of nitrogens with zero attached hydrogens (tertiary/aromatic N) is 4. The van der Waals surface area contributed by atoms with Gasteiger partial charge in [0.15, 0.2) is 0 Å². The Morgan fingerprint density at radius 2 is 1.77 bits per heavy atom. The molecule has 136 valence electrons. The predicted octanol–water partition coefficient (Wildman–Crippen LogP) is 3.24. The van der Waals surface area contributed by atoms with Crippen LogP contribution in [0.1, 0.15) is 6.92 Å². The number of benzene rings is 2. The van der Waals surface area contributed by atoms with Crippen LogP contribution < -0.4 is 14.2 Å². The summed E-state index contributed by atoms with van der Waals surface area (Å²) in [5.74, 6) is 3.06. The van der Waals surface area contributed by atoms with E-state index in [1.807, 2.05) is 55.5 Å². The molecule has 3 aromatic rings. The molecule has 0 unspecified atom stereocenters. The van der Waals surface area contributed by atoms with Crippen molar-refractivity contribution in [2.45, 2.75) is 12.1 Å². The number of para-hydroxylation sites is 2. The van der Waals surface area contributed by atoms with Crippen LogP contribution in [0.4, 0.5) is 0 Å². The first-order valence-corrected chi connectivity index (χ1v) is 9.20. The lowest BCUT2D eigenvalue weighted by Crippen LogP contribution is -2.05. The van der Waals surface area contributed by atoms with Crippen molar-refractivity contribution in [3.8, 4) is 22.9 Å². The summed E-state index contributed by atoms with van der Waals surface area (Å²) in [7, 11) is 1.64. The molecular formula is C18H20N4O3S. The van der Waals surface area contributed by atoms with Crippen molar-refractivity contribution >= 4 is 11.8 Å². The van der Waals surface area contributed by atoms with E-state index in [4.69, 9.17) is 14.2 Å². The van der Waals surface area contributed by atoms with Gasteiger partial charge in [-0.3, -0.25) is 0 Å². The van der Waals surface area contributed by atoms with Crippen molar-refractivity contribution in [3.63, 3.8) is 0 Å². The Morgan fingerprint density at radius 1 is 1.00 bits per heavy atom. The molecule has 0 bridgehead atoms. The number of aromatic nitrogens is 4. The standard InChI is InChI=1S/C18H20N4O3S/c1-3-24-17-7-5-4-6-16(17)22-18(19-20-21-22)26-13-12-25-15-10-8-14(23-2)9-11-15/h4-11H,3,12-13H2,1-2H3. The molecule has 0 amide bonds. The van der Waals surface area contributed by atoms with Crippen molar-refractivity contribution in [1.29, 1.82) is 0 Å². The van der Waals surface area contributed by atoms with E-state index in [1.54, 1.807) is 11.8 Å². The first-order valence-electron chi connectivity index (χ1n) is 8.22. The molecule has 0 N–H and O–H groups in total. The van der Waals surface area contributed by atoms with E-state index < -0.39 is 0 Å². The zero-order valence-corrected chi connectivity index (χ0v) is 15.5. The SMILES string of the molecule is CCOc1ccccc1-n1nnnc1SCCOc1ccc(OC)cc1. The first kappa shape index (κ1) is 18.1. The number of tetrazole rings is 1. The third-order valence-electron chi connectivity index (χ3n) is 3.48. The minimum Gasteiger partial charge on any atom is -0.497 e. The third-order valence-corrected chi connectivity index (χ3v) is 4.36. The van der Waals surface area contributed by atoms with Crippen LogP contribution >= 0.6 is 11.8 Å². The Kier molecular flexibility index (Phi) is 6.32. The molecule has 0 atom stereocenters. The molecule has 0 aliphatic rings. The van der Waals surface area contributed by atoms with Crippen LogP contribution in [0.25, 0.3) is 5.69 Å². The van der Waals surface area contributed by atoms with Gasteiger partial charge in [-0.15, -0.1) is 5.10 Å². The van der Waals surface area contributed by atoms with Crippen molar-refractivity contribution in [1.82, 2.24) is 20.2 Å². The molecule has 2 aromatic carbocycles. The number of rotatable bonds is 9. The third kappa shape index (κ3) is 4.45. The zero-order valence-electron chi connectivity index (χ0n) is 14.7. The fourth-order valence-electron chi connectivity index (χ4n) is 2.29. The number of hydrogen-bond donors (Lipinski definition) is 0. The maximum absolute atomic E-state index is 5.73. The second-order valence-electron chi connectivity index (χ2n) is 5.15. The van der Waals surface area contributed by atoms with Crippen molar-refractivity contribution in [3.05, 3.63) is 48.5 Å². The van der Waals surface area contributed by atoms with Crippen LogP contribution in [0.3, 0.4) is 0 Å². The van der Waals surface area contributed by atoms with Gasteiger partial charge in [0.2, 0.25) is 5.16 Å². The van der Waals surface area contributed by atoms with E-state index in [9.17, 15) is 0 Å². The molecule has 8 heteroatoms. The normalized spacial score (nSPS) is 10.5. The molecule has 0 saturated heterocycles. The summed E-state index contributed by atoms with van der Waals surface area (Å²) in [6, 6.07) is 15.2. The topological polar surface area (TPSA) is 71.3 Å². The summed E-state index contributed by atoms with van der Waals surface area (Å²) in [6.45, 7) is 3.07. The van der Waals surface area contributed by atoms with Crippen molar-refractivity contribution < 1.29 is 14.2 Å². The van der Waals surface area contributed by atoms with E-state index in [0.29, 0.717) is 24.1 Å². The van der Waals surface area contributed by atoms with Gasteiger partial charge < -0.3 is 14.2 Å². The number of methoxy groups -OCH3 is 1. The Bertz CT molecular complexity index is 823. The van der Waals surface area contributed by atoms with E-state index in [-0.39, 0.29) is 0 Å². The van der Waals surface area contributed by atoms with Crippen LogP contribution in [0.5, 0.6) is 17.2 Å². The minimum atomic E-state index is 0.539. The summed E-state index contributed by atoms with van der Waals surface area (Å²) in [6.07, 6.45) is 0. The second kappa shape index (κ2) is 9.10. The summed E-state index contributed by atoms with van der Waals surface area (Å²) < 4.78 is 18.2. The van der Waals surface area contributed by atoms with Gasteiger partial charge >= 0.3 is 0 Å². The maximum Gasteiger partial charge on any atom is 0.214 e. The lowest BCUT2D eigenvalue weighted by atomic mass is 10.3. The molecule has 7 nitrogen and oxygen atoms in total. The molecular weight excluding hydrogens is 352 g/mol. The van der Waals surface area contributed by atoms with Gasteiger partial charge in [0.05, 0.1) is 20.3 Å². The summed E-state index contributed by atoms with van der Waals surface area (Å²) in [5, 5.41) is 12.7. The molecule has 1 aromatic heterocycles. The predicted molar refractivity (Wildman–Crippen MR) is 99.5 cm³/mol. The molecule has 0 spiro atoms. The van der Waals surface area contributed by atoms with Gasteiger partial charge in [-0.1, -0.05) is 23.9 Å². The number of thioether (sulfide) groups is 1. The van der Waals surface area contributed by atoms with E-state index in [2.05, 4.69) is 15.5 Å². The van der Waals surface area contributed by atoms with Gasteiger partial charge in [-0.2, -0.15) is 4.68 Å². The van der Waals surface area contributed by atoms with Gasteiger partial charge in [0.1, 0.15) is 22.9 Å². The molecule has 0 saturated carbocycles. The highest BCUT2D eigenvalue weighted by molar-refractivity contribution is 7.99. The van der Waals surface area contributed by atoms with Gasteiger partial charge in [-0.25, -0.2) is 0 Å². The van der Waals surface area contributed by atoms with Crippen LogP contribution in [-0.2, 0) is 0 Å². The Balaban J connectivity index is 1.59. The van der Waals surface area contributed by atoms with E-state index in [1.165, 1.54) is 11.8 Å². The Labute approximate surface area is 156 Å². The van der Waals surface area contributed by atoms with Gasteiger partial charge in [0.25, 0.3) is 0 Å². The molecule has 0 aliphatic carbocycles. The smallest absolute Gasteiger partial charge is 0.214 e. The number of ether oxygens (including phenoxy) is 3. The highest BCUT2D eigenvalue weighted by Gasteiger charge is 2.13. The van der Waals surface area contributed by atoms with Crippen LogP contribution in [0, 0.1) is 0 Å². The van der Waals surface area contributed by atoms with Crippen LogP contribution in [0.15, 0.2) is 53.7 Å². The number of hydrogen-bond acceptors (Lipinski definition) is 7. The highest BCUT2D eigenvalue weighted by Crippen LogP contribution is 2.26. The molecule has 1 heterocycles. The van der Waals surface area contributed by atoms with Gasteiger partial charge in [-0.05, 0) is 53.7 Å². The monoisotopic (exact) mass is 372 g/mol. The lowest BCUT2D eigenvalue weighted by Gasteiger charge is -2.10. The van der Waals surface area contributed by atoms with E-state index in [0.717, 1.165) is 22.9 Å². The average Bonchev–Trinajstić information content (AvgIpc) is 3.15. The van der Waals surface area contributed by atoms with E-state index >= 15 is 0 Å². The Hall–Kier alpha value is -2.74. The maximum atomic E-state index is 5.73. The van der Waals surface area contributed by atoms with Crippen LogP contribution in [0.2, 0.25) is 0 Å². The summed E-state index contributed by atoms with van der Waals surface area (Å²) >= 11 is 1.52.